The number of ether oxygens (including phenoxy) is 1. The van der Waals surface area contributed by atoms with Crippen molar-refractivity contribution in [2.75, 3.05) is 0 Å². The second kappa shape index (κ2) is 5.17. The first-order valence-corrected chi connectivity index (χ1v) is 6.28. The molecule has 3 nitrogen and oxygen atoms in total. The number of rotatable bonds is 3. The number of carbonyl (C=O) groups excluding carboxylic acids is 1. The first-order chi connectivity index (χ1) is 7.32. The molecule has 0 aliphatic heterocycles. The highest BCUT2D eigenvalue weighted by atomic mass is 16.5. The fourth-order valence-electron chi connectivity index (χ4n) is 2.01. The topological polar surface area (TPSA) is 52.3 Å². The van der Waals surface area contributed by atoms with Crippen LogP contribution in [0.5, 0.6) is 0 Å². The van der Waals surface area contributed by atoms with E-state index in [-0.39, 0.29) is 18.0 Å². The average molecular weight is 227 g/mol. The van der Waals surface area contributed by atoms with E-state index >= 15 is 0 Å². The highest BCUT2D eigenvalue weighted by Gasteiger charge is 2.30. The first kappa shape index (κ1) is 13.5. The largest absolute Gasteiger partial charge is 0.461 e. The summed E-state index contributed by atoms with van der Waals surface area (Å²) in [5.41, 5.74) is 6.16. The van der Waals surface area contributed by atoms with Gasteiger partial charge in [0, 0.05) is 0 Å². The molecular weight excluding hydrogens is 202 g/mol. The van der Waals surface area contributed by atoms with Crippen LogP contribution < -0.4 is 5.73 Å². The molecule has 1 saturated carbocycles. The Bertz CT molecular complexity index is 238. The van der Waals surface area contributed by atoms with Crippen molar-refractivity contribution in [1.82, 2.24) is 0 Å². The second-order valence-electron chi connectivity index (χ2n) is 6.07. The van der Waals surface area contributed by atoms with Gasteiger partial charge in [-0.3, -0.25) is 4.79 Å². The number of carbonyl (C=O) groups is 1. The molecule has 1 aliphatic carbocycles. The molecule has 0 saturated heterocycles. The molecule has 2 N–H and O–H groups in total. The lowest BCUT2D eigenvalue weighted by Crippen LogP contribution is -2.40. The van der Waals surface area contributed by atoms with Crippen molar-refractivity contribution < 1.29 is 9.53 Å². The van der Waals surface area contributed by atoms with E-state index < -0.39 is 6.04 Å². The third-order valence-corrected chi connectivity index (χ3v) is 3.56. The number of nitrogens with two attached hydrogens (primary N) is 1. The Balaban J connectivity index is 2.37. The third-order valence-electron chi connectivity index (χ3n) is 3.56. The van der Waals surface area contributed by atoms with E-state index in [9.17, 15) is 4.79 Å². The Hall–Kier alpha value is -0.570. The maximum Gasteiger partial charge on any atom is 0.323 e. The van der Waals surface area contributed by atoms with Crippen LogP contribution in [0.2, 0.25) is 0 Å². The Morgan fingerprint density at radius 2 is 1.81 bits per heavy atom. The van der Waals surface area contributed by atoms with Gasteiger partial charge in [0.05, 0.1) is 0 Å². The summed E-state index contributed by atoms with van der Waals surface area (Å²) in [4.78, 5) is 11.7. The van der Waals surface area contributed by atoms with Crippen molar-refractivity contribution in [2.24, 2.45) is 17.1 Å². The van der Waals surface area contributed by atoms with Crippen LogP contribution in [0.4, 0.5) is 0 Å². The molecule has 94 valence electrons. The molecule has 1 atom stereocenters. The van der Waals surface area contributed by atoms with Crippen LogP contribution in [-0.4, -0.2) is 18.1 Å². The molecule has 3 heteroatoms. The van der Waals surface area contributed by atoms with Crippen LogP contribution in [0.25, 0.3) is 0 Å². The van der Waals surface area contributed by atoms with Crippen LogP contribution in [-0.2, 0) is 9.53 Å². The standard InChI is InChI=1S/C13H25NO2/c1-9(2)11(14)12(15)16-10-5-7-13(3,4)8-6-10/h9-11H,5-8,14H2,1-4H3/t11-/m0/s1. The lowest BCUT2D eigenvalue weighted by Gasteiger charge is -2.34. The molecule has 1 fully saturated rings. The van der Waals surface area contributed by atoms with Crippen LogP contribution in [0.3, 0.4) is 0 Å². The van der Waals surface area contributed by atoms with Gasteiger partial charge in [-0.05, 0) is 37.0 Å². The summed E-state index contributed by atoms with van der Waals surface area (Å²) < 4.78 is 5.44. The molecule has 1 rings (SSSR count). The predicted octanol–water partition coefficient (Wildman–Crippen LogP) is 2.48. The third kappa shape index (κ3) is 3.78. The van der Waals surface area contributed by atoms with E-state index in [1.165, 1.54) is 0 Å². The molecule has 0 unspecified atom stereocenters. The zero-order chi connectivity index (χ0) is 12.3. The fraction of sp³-hybridized carbons (Fsp3) is 0.923. The zero-order valence-corrected chi connectivity index (χ0v) is 11.0. The molecule has 16 heavy (non-hydrogen) atoms. The molecule has 0 bridgehead atoms. The van der Waals surface area contributed by atoms with Crippen LogP contribution in [0.1, 0.15) is 53.4 Å². The Labute approximate surface area is 98.7 Å². The molecule has 0 aromatic carbocycles. The van der Waals surface area contributed by atoms with Crippen molar-refractivity contribution in [1.29, 1.82) is 0 Å². The van der Waals surface area contributed by atoms with Crippen molar-refractivity contribution >= 4 is 5.97 Å². The predicted molar refractivity (Wildman–Crippen MR) is 64.9 cm³/mol. The van der Waals surface area contributed by atoms with E-state index in [0.29, 0.717) is 5.41 Å². The SMILES string of the molecule is CC(C)[C@H](N)C(=O)OC1CCC(C)(C)CC1. The fourth-order valence-corrected chi connectivity index (χ4v) is 2.01. The van der Waals surface area contributed by atoms with Crippen molar-refractivity contribution in [3.63, 3.8) is 0 Å². The summed E-state index contributed by atoms with van der Waals surface area (Å²) in [6, 6.07) is -0.477. The Kier molecular flexibility index (Phi) is 4.36. The van der Waals surface area contributed by atoms with Gasteiger partial charge in [0.15, 0.2) is 0 Å². The number of esters is 1. The summed E-state index contributed by atoms with van der Waals surface area (Å²) in [6.45, 7) is 8.42. The van der Waals surface area contributed by atoms with Crippen LogP contribution in [0.15, 0.2) is 0 Å². The van der Waals surface area contributed by atoms with Gasteiger partial charge in [-0.25, -0.2) is 0 Å². The van der Waals surface area contributed by atoms with Crippen LogP contribution in [0, 0.1) is 11.3 Å². The van der Waals surface area contributed by atoms with E-state index in [1.807, 2.05) is 13.8 Å². The maximum atomic E-state index is 11.7. The van der Waals surface area contributed by atoms with E-state index in [1.54, 1.807) is 0 Å². The van der Waals surface area contributed by atoms with Gasteiger partial charge in [-0.2, -0.15) is 0 Å². The van der Waals surface area contributed by atoms with Gasteiger partial charge >= 0.3 is 5.97 Å². The number of hydrogen-bond acceptors (Lipinski definition) is 3. The first-order valence-electron chi connectivity index (χ1n) is 6.28. The van der Waals surface area contributed by atoms with Gasteiger partial charge in [-0.15, -0.1) is 0 Å². The molecule has 1 aliphatic rings. The highest BCUT2D eigenvalue weighted by molar-refractivity contribution is 5.75. The van der Waals surface area contributed by atoms with E-state index in [4.69, 9.17) is 10.5 Å². The Morgan fingerprint density at radius 1 is 1.31 bits per heavy atom. The minimum atomic E-state index is -0.477. The monoisotopic (exact) mass is 227 g/mol. The van der Waals surface area contributed by atoms with Gasteiger partial charge in [0.1, 0.15) is 12.1 Å². The van der Waals surface area contributed by atoms with Crippen molar-refractivity contribution in [3.8, 4) is 0 Å². The molecule has 0 aromatic rings. The zero-order valence-electron chi connectivity index (χ0n) is 11.0. The minimum absolute atomic E-state index is 0.0883. The molecular formula is C13H25NO2. The van der Waals surface area contributed by atoms with Crippen LogP contribution >= 0.6 is 0 Å². The van der Waals surface area contributed by atoms with Crippen molar-refractivity contribution in [3.05, 3.63) is 0 Å². The van der Waals surface area contributed by atoms with Gasteiger partial charge < -0.3 is 10.5 Å². The molecule has 0 amide bonds. The van der Waals surface area contributed by atoms with Crippen molar-refractivity contribution in [2.45, 2.75) is 65.5 Å². The normalized spacial score (nSPS) is 23.1. The summed E-state index contributed by atoms with van der Waals surface area (Å²) in [7, 11) is 0. The molecule has 0 spiro atoms. The molecule has 0 heterocycles. The summed E-state index contributed by atoms with van der Waals surface area (Å²) in [5, 5.41) is 0. The van der Waals surface area contributed by atoms with Gasteiger partial charge in [0.25, 0.3) is 0 Å². The second-order valence-corrected chi connectivity index (χ2v) is 6.07. The van der Waals surface area contributed by atoms with E-state index in [2.05, 4.69) is 13.8 Å². The summed E-state index contributed by atoms with van der Waals surface area (Å²) in [6.07, 6.45) is 4.29. The van der Waals surface area contributed by atoms with Gasteiger partial charge in [0.2, 0.25) is 0 Å². The minimum Gasteiger partial charge on any atom is -0.461 e. The quantitative estimate of drug-likeness (QED) is 0.754. The summed E-state index contributed by atoms with van der Waals surface area (Å²) >= 11 is 0. The lowest BCUT2D eigenvalue weighted by atomic mass is 9.76. The maximum absolute atomic E-state index is 11.7. The smallest absolute Gasteiger partial charge is 0.323 e. The van der Waals surface area contributed by atoms with E-state index in [0.717, 1.165) is 25.7 Å². The molecule has 0 radical (unpaired) electrons. The average Bonchev–Trinajstić information content (AvgIpc) is 2.19. The highest BCUT2D eigenvalue weighted by Crippen LogP contribution is 2.36. The Morgan fingerprint density at radius 3 is 2.25 bits per heavy atom. The van der Waals surface area contributed by atoms with Gasteiger partial charge in [-0.1, -0.05) is 27.7 Å². The number of hydrogen-bond donors (Lipinski definition) is 1. The molecule has 0 aromatic heterocycles. The lowest BCUT2D eigenvalue weighted by molar-refractivity contribution is -0.154. The summed E-state index contributed by atoms with van der Waals surface area (Å²) in [5.74, 6) is -0.0905.